The molecule has 0 fully saturated rings. The highest BCUT2D eigenvalue weighted by Gasteiger charge is 2.58. The number of nitro groups is 1. The number of hydrogen-bond acceptors (Lipinski definition) is 6. The lowest BCUT2D eigenvalue weighted by molar-refractivity contribution is -0.574. The van der Waals surface area contributed by atoms with E-state index in [9.17, 15) is 14.9 Å². The molecule has 7 nitrogen and oxygen atoms in total. The summed E-state index contributed by atoms with van der Waals surface area (Å²) in [6.07, 6.45) is 3.93. The third-order valence-corrected chi connectivity index (χ3v) is 3.56. The van der Waals surface area contributed by atoms with Gasteiger partial charge >= 0.3 is 0 Å². The summed E-state index contributed by atoms with van der Waals surface area (Å²) >= 11 is 5.96. The molecule has 1 heterocycles. The smallest absolute Gasteiger partial charge is 0.294 e. The first-order chi connectivity index (χ1) is 8.55. The molecule has 92 valence electrons. The maximum Gasteiger partial charge on any atom is 0.294 e. The highest BCUT2D eigenvalue weighted by atomic mass is 35.5. The summed E-state index contributed by atoms with van der Waals surface area (Å²) < 4.78 is 4.54. The Morgan fingerprint density at radius 3 is 3.06 bits per heavy atom. The van der Waals surface area contributed by atoms with Crippen LogP contribution in [0.15, 0.2) is 22.9 Å². The average Bonchev–Trinajstić information content (AvgIpc) is 2.78. The number of fused-ring (bicyclic) bond motifs is 3. The van der Waals surface area contributed by atoms with Gasteiger partial charge in [-0.2, -0.15) is 0 Å². The second kappa shape index (κ2) is 3.49. The Balaban J connectivity index is 2.31. The molecule has 2 aliphatic rings. The lowest BCUT2D eigenvalue weighted by Crippen LogP contribution is -2.45. The van der Waals surface area contributed by atoms with Crippen LogP contribution in [0.1, 0.15) is 17.8 Å². The fourth-order valence-electron chi connectivity index (χ4n) is 2.37. The molecule has 1 aromatic rings. The van der Waals surface area contributed by atoms with Crippen molar-refractivity contribution in [1.29, 1.82) is 0 Å². The summed E-state index contributed by atoms with van der Waals surface area (Å²) in [5.74, 6) is -0.852. The number of allylic oxidation sites excluding steroid dienone is 1. The van der Waals surface area contributed by atoms with Crippen LogP contribution in [-0.4, -0.2) is 21.0 Å². The summed E-state index contributed by atoms with van der Waals surface area (Å²) in [4.78, 5) is 22.4. The van der Waals surface area contributed by atoms with Gasteiger partial charge in [-0.25, -0.2) is 4.63 Å². The number of aromatic nitrogens is 2. The molecule has 0 saturated heterocycles. The van der Waals surface area contributed by atoms with Gasteiger partial charge < -0.3 is 0 Å². The third kappa shape index (κ3) is 1.22. The van der Waals surface area contributed by atoms with Gasteiger partial charge in [0.1, 0.15) is 0 Å². The predicted octanol–water partition coefficient (Wildman–Crippen LogP) is 1.28. The van der Waals surface area contributed by atoms with Crippen LogP contribution in [0.25, 0.3) is 5.03 Å². The van der Waals surface area contributed by atoms with Crippen LogP contribution in [0.5, 0.6) is 0 Å². The second-order valence-electron chi connectivity index (χ2n) is 4.17. The van der Waals surface area contributed by atoms with Gasteiger partial charge in [-0.1, -0.05) is 17.7 Å². The van der Waals surface area contributed by atoms with Crippen molar-refractivity contribution in [2.45, 2.75) is 12.0 Å². The summed E-state index contributed by atoms with van der Waals surface area (Å²) in [6.45, 7) is 0. The first kappa shape index (κ1) is 11.1. The van der Waals surface area contributed by atoms with Crippen LogP contribution in [0, 0.1) is 16.0 Å². The zero-order chi connectivity index (χ0) is 12.9. The van der Waals surface area contributed by atoms with Gasteiger partial charge in [0.25, 0.3) is 5.54 Å². The average molecular weight is 268 g/mol. The molecule has 0 N–H and O–H groups in total. The third-order valence-electron chi connectivity index (χ3n) is 3.25. The van der Waals surface area contributed by atoms with Crippen molar-refractivity contribution in [2.75, 3.05) is 0 Å². The number of carbonyl (C=O) groups excluding carboxylic acids is 1. The number of rotatable bonds is 1. The zero-order valence-electron chi connectivity index (χ0n) is 8.87. The Bertz CT molecular complexity index is 620. The minimum atomic E-state index is -1.61. The molecule has 0 bridgehead atoms. The monoisotopic (exact) mass is 267 g/mol. The molecule has 0 radical (unpaired) electrons. The summed E-state index contributed by atoms with van der Waals surface area (Å²) in [7, 11) is 0. The Morgan fingerprint density at radius 2 is 2.33 bits per heavy atom. The van der Waals surface area contributed by atoms with Crippen LogP contribution < -0.4 is 0 Å². The van der Waals surface area contributed by atoms with E-state index in [1.54, 1.807) is 0 Å². The molecule has 0 saturated carbocycles. The largest absolute Gasteiger partial charge is 0.295 e. The quantitative estimate of drug-likeness (QED) is 0.561. The molecule has 0 spiro atoms. The predicted molar refractivity (Wildman–Crippen MR) is 59.1 cm³/mol. The van der Waals surface area contributed by atoms with Crippen LogP contribution in [-0.2, 0) is 10.3 Å². The SMILES string of the molecule is O=C1C=C[C@]2([N+](=O)[O-])c3nonc3C(Cl)=C[C@@H]2C1. The number of ketones is 1. The minimum Gasteiger partial charge on any atom is -0.295 e. The van der Waals surface area contributed by atoms with E-state index in [1.807, 2.05) is 0 Å². The number of hydrogen-bond donors (Lipinski definition) is 0. The van der Waals surface area contributed by atoms with Gasteiger partial charge in [-0.15, -0.1) is 0 Å². The lowest BCUT2D eigenvalue weighted by Gasteiger charge is -2.31. The molecular weight excluding hydrogens is 262 g/mol. The van der Waals surface area contributed by atoms with E-state index in [-0.39, 0.29) is 28.6 Å². The minimum absolute atomic E-state index is 0.0139. The fraction of sp³-hybridized carbons (Fsp3) is 0.300. The molecule has 0 amide bonds. The number of halogens is 1. The fourth-order valence-corrected chi connectivity index (χ4v) is 2.65. The topological polar surface area (TPSA) is 99.1 Å². The highest BCUT2D eigenvalue weighted by molar-refractivity contribution is 6.48. The maximum absolute atomic E-state index is 11.4. The molecular formula is C10H6ClN3O4. The molecule has 3 rings (SSSR count). The van der Waals surface area contributed by atoms with Crippen molar-refractivity contribution in [3.05, 3.63) is 39.7 Å². The Kier molecular flexibility index (Phi) is 2.15. The van der Waals surface area contributed by atoms with Crippen molar-refractivity contribution in [1.82, 2.24) is 10.3 Å². The van der Waals surface area contributed by atoms with Crippen molar-refractivity contribution in [3.8, 4) is 0 Å². The molecule has 0 aliphatic heterocycles. The number of nitrogens with zero attached hydrogens (tertiary/aromatic N) is 3. The Morgan fingerprint density at radius 1 is 1.56 bits per heavy atom. The molecule has 8 heteroatoms. The van der Waals surface area contributed by atoms with Gasteiger partial charge in [0, 0.05) is 17.4 Å². The van der Waals surface area contributed by atoms with E-state index in [0.717, 1.165) is 0 Å². The van der Waals surface area contributed by atoms with Crippen molar-refractivity contribution >= 4 is 22.4 Å². The highest BCUT2D eigenvalue weighted by Crippen LogP contribution is 2.47. The van der Waals surface area contributed by atoms with Crippen LogP contribution in [0.2, 0.25) is 0 Å². The maximum atomic E-state index is 11.4. The second-order valence-corrected chi connectivity index (χ2v) is 4.58. The van der Waals surface area contributed by atoms with Crippen molar-refractivity contribution in [2.24, 2.45) is 5.92 Å². The Hall–Kier alpha value is -2.02. The molecule has 2 atom stereocenters. The Labute approximate surface area is 105 Å². The lowest BCUT2D eigenvalue weighted by atomic mass is 9.71. The molecule has 2 aliphatic carbocycles. The van der Waals surface area contributed by atoms with Gasteiger partial charge in [0.2, 0.25) is 0 Å². The van der Waals surface area contributed by atoms with E-state index < -0.39 is 16.4 Å². The molecule has 0 aromatic carbocycles. The van der Waals surface area contributed by atoms with E-state index in [1.165, 1.54) is 18.2 Å². The standard InChI is InChI=1S/C10H6ClN3O4/c11-7-4-5-3-6(15)1-2-10(5,14(16)17)9-8(7)12-18-13-9/h1-2,4-5H,3H2/t5-,10+/m0/s1. The van der Waals surface area contributed by atoms with Crippen molar-refractivity contribution < 1.29 is 14.3 Å². The van der Waals surface area contributed by atoms with E-state index >= 15 is 0 Å². The summed E-state index contributed by atoms with van der Waals surface area (Å²) in [5.41, 5.74) is -1.40. The number of carbonyl (C=O) groups is 1. The summed E-state index contributed by atoms with van der Waals surface area (Å²) in [6, 6.07) is 0. The van der Waals surface area contributed by atoms with E-state index in [0.29, 0.717) is 0 Å². The van der Waals surface area contributed by atoms with Crippen LogP contribution in [0.3, 0.4) is 0 Å². The first-order valence-corrected chi connectivity index (χ1v) is 5.51. The van der Waals surface area contributed by atoms with Crippen molar-refractivity contribution in [3.63, 3.8) is 0 Å². The molecule has 0 unspecified atom stereocenters. The zero-order valence-corrected chi connectivity index (χ0v) is 9.63. The molecule has 1 aromatic heterocycles. The van der Waals surface area contributed by atoms with Gasteiger partial charge in [0.15, 0.2) is 17.2 Å². The van der Waals surface area contributed by atoms with Gasteiger partial charge in [0.05, 0.1) is 11.0 Å². The molecule has 18 heavy (non-hydrogen) atoms. The van der Waals surface area contributed by atoms with Crippen LogP contribution in [0.4, 0.5) is 0 Å². The van der Waals surface area contributed by atoms with E-state index in [4.69, 9.17) is 11.6 Å². The van der Waals surface area contributed by atoms with Gasteiger partial charge in [-0.05, 0) is 16.4 Å². The van der Waals surface area contributed by atoms with Crippen LogP contribution >= 0.6 is 11.6 Å². The summed E-state index contributed by atoms with van der Waals surface area (Å²) in [5, 5.41) is 18.8. The normalized spacial score (nSPS) is 29.5. The van der Waals surface area contributed by atoms with Gasteiger partial charge in [-0.3, -0.25) is 14.9 Å². The van der Waals surface area contributed by atoms with E-state index in [2.05, 4.69) is 14.9 Å². The first-order valence-electron chi connectivity index (χ1n) is 5.13.